The summed E-state index contributed by atoms with van der Waals surface area (Å²) in [4.78, 5) is 11.4. The fraction of sp³-hybridized carbons (Fsp3) is 0.417. The third-order valence-corrected chi connectivity index (χ3v) is 2.23. The SMILES string of the molecule is CC[C@H](Oc1cccc(OC)c1)C(=O)NC. The molecule has 1 amide bonds. The van der Waals surface area contributed by atoms with Crippen LogP contribution in [-0.2, 0) is 4.79 Å². The largest absolute Gasteiger partial charge is 0.497 e. The second kappa shape index (κ2) is 6.00. The van der Waals surface area contributed by atoms with E-state index in [4.69, 9.17) is 9.47 Å². The topological polar surface area (TPSA) is 47.6 Å². The third kappa shape index (κ3) is 3.15. The molecule has 88 valence electrons. The molecule has 0 aliphatic carbocycles. The maximum atomic E-state index is 11.4. The number of rotatable bonds is 5. The van der Waals surface area contributed by atoms with Crippen molar-refractivity contribution in [3.05, 3.63) is 24.3 Å². The summed E-state index contributed by atoms with van der Waals surface area (Å²) in [5.74, 6) is 1.23. The summed E-state index contributed by atoms with van der Waals surface area (Å²) in [7, 11) is 3.19. The molecule has 1 aromatic rings. The molecule has 16 heavy (non-hydrogen) atoms. The van der Waals surface area contributed by atoms with Crippen molar-refractivity contribution < 1.29 is 14.3 Å². The Morgan fingerprint density at radius 1 is 1.44 bits per heavy atom. The first-order valence-electron chi connectivity index (χ1n) is 5.23. The predicted molar refractivity (Wildman–Crippen MR) is 61.8 cm³/mol. The zero-order valence-electron chi connectivity index (χ0n) is 9.82. The van der Waals surface area contributed by atoms with Gasteiger partial charge in [0.1, 0.15) is 11.5 Å². The molecule has 0 aromatic heterocycles. The van der Waals surface area contributed by atoms with Gasteiger partial charge in [-0.15, -0.1) is 0 Å². The average molecular weight is 223 g/mol. The maximum absolute atomic E-state index is 11.4. The Morgan fingerprint density at radius 2 is 2.12 bits per heavy atom. The summed E-state index contributed by atoms with van der Waals surface area (Å²) in [6, 6.07) is 7.21. The highest BCUT2D eigenvalue weighted by molar-refractivity contribution is 5.80. The summed E-state index contributed by atoms with van der Waals surface area (Å²) in [6.45, 7) is 1.90. The highest BCUT2D eigenvalue weighted by Crippen LogP contribution is 2.20. The molecular weight excluding hydrogens is 206 g/mol. The second-order valence-electron chi connectivity index (χ2n) is 3.31. The van der Waals surface area contributed by atoms with E-state index in [1.54, 1.807) is 26.3 Å². The molecule has 0 aliphatic heterocycles. The van der Waals surface area contributed by atoms with Crippen LogP contribution < -0.4 is 14.8 Å². The molecule has 0 heterocycles. The van der Waals surface area contributed by atoms with E-state index in [-0.39, 0.29) is 5.91 Å². The molecular formula is C12H17NO3. The lowest BCUT2D eigenvalue weighted by atomic mass is 10.2. The number of likely N-dealkylation sites (N-methyl/N-ethyl adjacent to an activating group) is 1. The van der Waals surface area contributed by atoms with Crippen LogP contribution in [0.2, 0.25) is 0 Å². The molecule has 0 aliphatic rings. The van der Waals surface area contributed by atoms with Gasteiger partial charge in [-0.25, -0.2) is 0 Å². The summed E-state index contributed by atoms with van der Waals surface area (Å²) in [5.41, 5.74) is 0. The molecule has 1 rings (SSSR count). The summed E-state index contributed by atoms with van der Waals surface area (Å²) in [5, 5.41) is 2.57. The van der Waals surface area contributed by atoms with Crippen molar-refractivity contribution in [1.29, 1.82) is 0 Å². The second-order valence-corrected chi connectivity index (χ2v) is 3.31. The lowest BCUT2D eigenvalue weighted by molar-refractivity contribution is -0.127. The van der Waals surface area contributed by atoms with Crippen LogP contribution in [0.5, 0.6) is 11.5 Å². The predicted octanol–water partition coefficient (Wildman–Crippen LogP) is 1.60. The molecule has 0 bridgehead atoms. The van der Waals surface area contributed by atoms with Crippen molar-refractivity contribution in [2.75, 3.05) is 14.2 Å². The van der Waals surface area contributed by atoms with E-state index in [2.05, 4.69) is 5.32 Å². The van der Waals surface area contributed by atoms with E-state index in [1.165, 1.54) is 0 Å². The minimum Gasteiger partial charge on any atom is -0.497 e. The van der Waals surface area contributed by atoms with Gasteiger partial charge in [0.05, 0.1) is 7.11 Å². The number of amides is 1. The van der Waals surface area contributed by atoms with Crippen molar-refractivity contribution in [1.82, 2.24) is 5.32 Å². The van der Waals surface area contributed by atoms with Crippen LogP contribution in [-0.4, -0.2) is 26.2 Å². The van der Waals surface area contributed by atoms with Gasteiger partial charge in [0.2, 0.25) is 0 Å². The van der Waals surface area contributed by atoms with Crippen LogP contribution in [0, 0.1) is 0 Å². The van der Waals surface area contributed by atoms with Gasteiger partial charge in [-0.05, 0) is 18.6 Å². The number of benzene rings is 1. The van der Waals surface area contributed by atoms with Crippen LogP contribution in [0.25, 0.3) is 0 Å². The average Bonchev–Trinajstić information content (AvgIpc) is 2.35. The lowest BCUT2D eigenvalue weighted by Gasteiger charge is -2.16. The van der Waals surface area contributed by atoms with Gasteiger partial charge in [-0.3, -0.25) is 4.79 Å². The van der Waals surface area contributed by atoms with Gasteiger partial charge in [-0.1, -0.05) is 13.0 Å². The minimum atomic E-state index is -0.461. The summed E-state index contributed by atoms with van der Waals surface area (Å²) < 4.78 is 10.6. The van der Waals surface area contributed by atoms with Crippen LogP contribution in [0.1, 0.15) is 13.3 Å². The van der Waals surface area contributed by atoms with Crippen LogP contribution >= 0.6 is 0 Å². The van der Waals surface area contributed by atoms with Gasteiger partial charge in [0.15, 0.2) is 6.10 Å². The fourth-order valence-electron chi connectivity index (χ4n) is 1.32. The zero-order chi connectivity index (χ0) is 12.0. The van der Waals surface area contributed by atoms with Gasteiger partial charge >= 0.3 is 0 Å². The normalized spacial score (nSPS) is 11.7. The van der Waals surface area contributed by atoms with Crippen LogP contribution in [0.15, 0.2) is 24.3 Å². The minimum absolute atomic E-state index is 0.120. The molecule has 0 radical (unpaired) electrons. The zero-order valence-corrected chi connectivity index (χ0v) is 9.82. The molecule has 0 saturated heterocycles. The first-order valence-corrected chi connectivity index (χ1v) is 5.23. The van der Waals surface area contributed by atoms with E-state index in [0.717, 1.165) is 0 Å². The number of ether oxygens (including phenoxy) is 2. The first-order chi connectivity index (χ1) is 7.71. The van der Waals surface area contributed by atoms with Crippen molar-refractivity contribution >= 4 is 5.91 Å². The van der Waals surface area contributed by atoms with E-state index >= 15 is 0 Å². The molecule has 1 N–H and O–H groups in total. The highest BCUT2D eigenvalue weighted by Gasteiger charge is 2.16. The number of nitrogens with one attached hydrogen (secondary N) is 1. The number of hydrogen-bond donors (Lipinski definition) is 1. The molecule has 1 aromatic carbocycles. The van der Waals surface area contributed by atoms with E-state index < -0.39 is 6.10 Å². The fourth-order valence-corrected chi connectivity index (χ4v) is 1.32. The Morgan fingerprint density at radius 3 is 2.69 bits per heavy atom. The summed E-state index contributed by atoms with van der Waals surface area (Å²) in [6.07, 6.45) is 0.161. The van der Waals surface area contributed by atoms with Crippen LogP contribution in [0.3, 0.4) is 0 Å². The van der Waals surface area contributed by atoms with E-state index in [0.29, 0.717) is 17.9 Å². The Labute approximate surface area is 95.6 Å². The third-order valence-electron chi connectivity index (χ3n) is 2.23. The molecule has 4 heteroatoms. The van der Waals surface area contributed by atoms with E-state index in [1.807, 2.05) is 19.1 Å². The standard InChI is InChI=1S/C12H17NO3/c1-4-11(12(14)13-2)16-10-7-5-6-9(8-10)15-3/h5-8,11H,4H2,1-3H3,(H,13,14)/t11-/m0/s1. The monoisotopic (exact) mass is 223 g/mol. The summed E-state index contributed by atoms with van der Waals surface area (Å²) >= 11 is 0. The Balaban J connectivity index is 2.73. The molecule has 0 fully saturated rings. The Kier molecular flexibility index (Phi) is 4.64. The molecule has 0 spiro atoms. The quantitative estimate of drug-likeness (QED) is 0.824. The Bertz CT molecular complexity index is 352. The van der Waals surface area contributed by atoms with Gasteiger partial charge in [0.25, 0.3) is 5.91 Å². The molecule has 0 unspecified atom stereocenters. The Hall–Kier alpha value is -1.71. The number of methoxy groups -OCH3 is 1. The van der Waals surface area contributed by atoms with Gasteiger partial charge in [0, 0.05) is 13.1 Å². The molecule has 0 saturated carbocycles. The maximum Gasteiger partial charge on any atom is 0.260 e. The lowest BCUT2D eigenvalue weighted by Crippen LogP contribution is -2.35. The molecule has 1 atom stereocenters. The number of carbonyl (C=O) groups is 1. The van der Waals surface area contributed by atoms with Crippen molar-refractivity contribution in [2.45, 2.75) is 19.4 Å². The van der Waals surface area contributed by atoms with Crippen molar-refractivity contribution in [3.8, 4) is 11.5 Å². The van der Waals surface area contributed by atoms with E-state index in [9.17, 15) is 4.79 Å². The van der Waals surface area contributed by atoms with Crippen LogP contribution in [0.4, 0.5) is 0 Å². The van der Waals surface area contributed by atoms with Gasteiger partial charge < -0.3 is 14.8 Å². The first kappa shape index (κ1) is 12.4. The van der Waals surface area contributed by atoms with Crippen molar-refractivity contribution in [2.24, 2.45) is 0 Å². The molecule has 4 nitrogen and oxygen atoms in total. The smallest absolute Gasteiger partial charge is 0.260 e. The highest BCUT2D eigenvalue weighted by atomic mass is 16.5. The van der Waals surface area contributed by atoms with Gasteiger partial charge in [-0.2, -0.15) is 0 Å². The van der Waals surface area contributed by atoms with Crippen molar-refractivity contribution in [3.63, 3.8) is 0 Å². The number of hydrogen-bond acceptors (Lipinski definition) is 3. The number of carbonyl (C=O) groups excluding carboxylic acids is 1.